The van der Waals surface area contributed by atoms with Crippen LogP contribution in [0.5, 0.6) is 0 Å². The van der Waals surface area contributed by atoms with Gasteiger partial charge in [0.15, 0.2) is 0 Å². The quantitative estimate of drug-likeness (QED) is 0.198. The molecule has 3 heteroatoms. The van der Waals surface area contributed by atoms with Gasteiger partial charge < -0.3 is 8.83 Å². The topological polar surface area (TPSA) is 26.3 Å². The molecule has 0 aliphatic heterocycles. The van der Waals surface area contributed by atoms with Crippen LogP contribution in [0, 0.1) is 12.1 Å². The molecule has 6 aromatic rings. The van der Waals surface area contributed by atoms with E-state index >= 15 is 0 Å². The first-order valence-corrected chi connectivity index (χ1v) is 9.79. The van der Waals surface area contributed by atoms with Gasteiger partial charge in [-0.15, -0.1) is 35.0 Å². The number of hydrogen-bond acceptors (Lipinski definition) is 2. The minimum atomic E-state index is 0. The summed E-state index contributed by atoms with van der Waals surface area (Å²) >= 11 is 0. The third-order valence-electron chi connectivity index (χ3n) is 4.77. The van der Waals surface area contributed by atoms with Crippen LogP contribution < -0.4 is 0 Å². The maximum absolute atomic E-state index is 5.70. The van der Waals surface area contributed by atoms with Crippen molar-refractivity contribution in [2.24, 2.45) is 0 Å². The van der Waals surface area contributed by atoms with Crippen molar-refractivity contribution in [1.82, 2.24) is 0 Å². The molecule has 0 fully saturated rings. The molecule has 0 atom stereocenters. The van der Waals surface area contributed by atoms with Crippen LogP contribution in [-0.2, 0) is 19.5 Å². The molecule has 0 N–H and O–H groups in total. The van der Waals surface area contributed by atoms with Crippen LogP contribution in [0.15, 0.2) is 118 Å². The van der Waals surface area contributed by atoms with Crippen molar-refractivity contribution in [2.75, 3.05) is 0 Å². The summed E-state index contributed by atoms with van der Waals surface area (Å²) in [5.74, 6) is 1.61. The van der Waals surface area contributed by atoms with E-state index in [0.29, 0.717) is 0 Å². The van der Waals surface area contributed by atoms with E-state index in [1.807, 2.05) is 109 Å². The van der Waals surface area contributed by atoms with Crippen LogP contribution in [0.25, 0.3) is 44.6 Å². The smallest absolute Gasteiger partial charge is 0.519 e. The SMILES string of the molecule is [Zn+2].[c-]1c(-c2ccccc2)oc2ccccc12.[c-]1c(-c2ccccc2)oc2ccccc12. The molecule has 0 radical (unpaired) electrons. The van der Waals surface area contributed by atoms with Crippen molar-refractivity contribution in [3.05, 3.63) is 121 Å². The van der Waals surface area contributed by atoms with Crippen LogP contribution in [0.2, 0.25) is 0 Å². The summed E-state index contributed by atoms with van der Waals surface area (Å²) in [6.45, 7) is 0. The molecule has 0 unspecified atom stereocenters. The Morgan fingerprint density at radius 2 is 0.774 bits per heavy atom. The van der Waals surface area contributed by atoms with Gasteiger partial charge in [0.05, 0.1) is 0 Å². The fraction of sp³-hybridized carbons (Fsp3) is 0. The zero-order valence-electron chi connectivity index (χ0n) is 16.9. The maximum atomic E-state index is 5.70. The van der Waals surface area contributed by atoms with Crippen molar-refractivity contribution >= 4 is 21.9 Å². The van der Waals surface area contributed by atoms with Crippen molar-refractivity contribution in [3.8, 4) is 22.6 Å². The van der Waals surface area contributed by atoms with Gasteiger partial charge in [-0.1, -0.05) is 108 Å². The summed E-state index contributed by atoms with van der Waals surface area (Å²) in [4.78, 5) is 0. The standard InChI is InChI=1S/2C14H9O.Zn/c2*1-2-6-11(7-3-1)14-10-12-8-4-5-9-13(12)15-14;/h2*1-9H;/q2*-1;+2. The molecule has 0 aliphatic carbocycles. The Bertz CT molecular complexity index is 1210. The second kappa shape index (κ2) is 9.60. The molecular formula is C28H18O2Zn. The molecule has 0 saturated heterocycles. The van der Waals surface area contributed by atoms with Crippen LogP contribution in [0.4, 0.5) is 0 Å². The van der Waals surface area contributed by atoms with Gasteiger partial charge in [0.1, 0.15) is 0 Å². The largest absolute Gasteiger partial charge is 2.00 e. The zero-order valence-corrected chi connectivity index (χ0v) is 19.9. The van der Waals surface area contributed by atoms with E-state index < -0.39 is 0 Å². The summed E-state index contributed by atoms with van der Waals surface area (Å²) in [6, 6.07) is 42.4. The van der Waals surface area contributed by atoms with Gasteiger partial charge >= 0.3 is 19.5 Å². The van der Waals surface area contributed by atoms with E-state index in [1.165, 1.54) is 0 Å². The number of rotatable bonds is 2. The molecule has 0 spiro atoms. The molecular weight excluding hydrogens is 434 g/mol. The normalized spacial score (nSPS) is 10.3. The van der Waals surface area contributed by atoms with Crippen LogP contribution in [0.1, 0.15) is 0 Å². The summed E-state index contributed by atoms with van der Waals surface area (Å²) in [5.41, 5.74) is 3.90. The maximum Gasteiger partial charge on any atom is 2.00 e. The van der Waals surface area contributed by atoms with Gasteiger partial charge in [-0.25, -0.2) is 0 Å². The molecule has 0 saturated carbocycles. The van der Waals surface area contributed by atoms with Gasteiger partial charge in [0.2, 0.25) is 0 Å². The number of fused-ring (bicyclic) bond motifs is 2. The second-order valence-electron chi connectivity index (χ2n) is 6.84. The molecule has 144 valence electrons. The Hall–Kier alpha value is -3.42. The Morgan fingerprint density at radius 3 is 1.16 bits per heavy atom. The van der Waals surface area contributed by atoms with Crippen molar-refractivity contribution in [3.63, 3.8) is 0 Å². The zero-order chi connectivity index (χ0) is 20.2. The molecule has 0 bridgehead atoms. The first kappa shape index (κ1) is 20.8. The average molecular weight is 452 g/mol. The van der Waals surface area contributed by atoms with Crippen molar-refractivity contribution in [2.45, 2.75) is 0 Å². The van der Waals surface area contributed by atoms with E-state index in [0.717, 1.165) is 44.6 Å². The van der Waals surface area contributed by atoms with Crippen LogP contribution in [-0.4, -0.2) is 0 Å². The Balaban J connectivity index is 0.000000144. The number of benzene rings is 4. The third kappa shape index (κ3) is 4.68. The molecule has 2 aromatic heterocycles. The number of hydrogen-bond donors (Lipinski definition) is 0. The van der Waals surface area contributed by atoms with Crippen LogP contribution >= 0.6 is 0 Å². The molecule has 4 aromatic carbocycles. The average Bonchev–Trinajstić information content (AvgIpc) is 3.45. The molecule has 0 aliphatic rings. The first-order valence-electron chi connectivity index (χ1n) is 9.79. The van der Waals surface area contributed by atoms with Gasteiger partial charge in [0, 0.05) is 22.7 Å². The van der Waals surface area contributed by atoms with Gasteiger partial charge in [-0.3, -0.25) is 0 Å². The monoisotopic (exact) mass is 450 g/mol. The summed E-state index contributed by atoms with van der Waals surface area (Å²) < 4.78 is 11.4. The summed E-state index contributed by atoms with van der Waals surface area (Å²) in [7, 11) is 0. The predicted molar refractivity (Wildman–Crippen MR) is 121 cm³/mol. The van der Waals surface area contributed by atoms with E-state index in [-0.39, 0.29) is 19.5 Å². The molecule has 2 nitrogen and oxygen atoms in total. The number of para-hydroxylation sites is 2. The molecule has 31 heavy (non-hydrogen) atoms. The minimum Gasteiger partial charge on any atom is -0.519 e. The molecule has 0 amide bonds. The molecule has 2 heterocycles. The Morgan fingerprint density at radius 1 is 0.419 bits per heavy atom. The van der Waals surface area contributed by atoms with E-state index in [1.54, 1.807) is 0 Å². The Kier molecular flexibility index (Phi) is 6.45. The fourth-order valence-corrected chi connectivity index (χ4v) is 3.27. The molecule has 6 rings (SSSR count). The summed E-state index contributed by atoms with van der Waals surface area (Å²) in [5, 5.41) is 2.05. The predicted octanol–water partition coefficient (Wildman–Crippen LogP) is 7.80. The van der Waals surface area contributed by atoms with Gasteiger partial charge in [-0.05, 0) is 0 Å². The van der Waals surface area contributed by atoms with Crippen molar-refractivity contribution in [1.29, 1.82) is 0 Å². The third-order valence-corrected chi connectivity index (χ3v) is 4.77. The minimum absolute atomic E-state index is 0. The van der Waals surface area contributed by atoms with Gasteiger partial charge in [-0.2, -0.15) is 0 Å². The Labute approximate surface area is 193 Å². The van der Waals surface area contributed by atoms with E-state index in [2.05, 4.69) is 12.1 Å². The van der Waals surface area contributed by atoms with Gasteiger partial charge in [0.25, 0.3) is 0 Å². The first-order chi connectivity index (χ1) is 14.9. The van der Waals surface area contributed by atoms with E-state index in [9.17, 15) is 0 Å². The fourth-order valence-electron chi connectivity index (χ4n) is 3.27. The summed E-state index contributed by atoms with van der Waals surface area (Å²) in [6.07, 6.45) is 0. The second-order valence-corrected chi connectivity index (χ2v) is 6.84. The van der Waals surface area contributed by atoms with Crippen LogP contribution in [0.3, 0.4) is 0 Å². The number of furan rings is 2. The van der Waals surface area contributed by atoms with E-state index in [4.69, 9.17) is 8.83 Å². The van der Waals surface area contributed by atoms with Crippen molar-refractivity contribution < 1.29 is 28.3 Å².